The predicted octanol–water partition coefficient (Wildman–Crippen LogP) is 3.00. The van der Waals surface area contributed by atoms with E-state index >= 15 is 0 Å². The van der Waals surface area contributed by atoms with Gasteiger partial charge in [0.2, 0.25) is 0 Å². The van der Waals surface area contributed by atoms with Crippen LogP contribution in [0.15, 0.2) is 23.1 Å². The first-order valence-electron chi connectivity index (χ1n) is 7.62. The zero-order valence-corrected chi connectivity index (χ0v) is 14.0. The summed E-state index contributed by atoms with van der Waals surface area (Å²) in [5.74, 6) is 0.150. The van der Waals surface area contributed by atoms with Gasteiger partial charge in [-0.25, -0.2) is 9.18 Å². The minimum Gasteiger partial charge on any atom is -0.463 e. The molecule has 0 aromatic heterocycles. The molecule has 2 amide bonds. The Morgan fingerprint density at radius 1 is 1.43 bits per heavy atom. The standard InChI is InChI=1S/C16H21FN2O3S/c1-10(2)22-14(20)6-8-18-16(21)19-13-7-9-23-15-11(13)4-3-5-12(15)17/h3-5,10,13H,6-9H2,1-2H3,(H2,18,19,21)/t13-/m0/s1. The number of ether oxygens (including phenoxy) is 1. The number of hydrogen-bond donors (Lipinski definition) is 2. The number of amides is 2. The normalized spacial score (nSPS) is 16.6. The lowest BCUT2D eigenvalue weighted by atomic mass is 10.0. The molecule has 0 saturated carbocycles. The van der Waals surface area contributed by atoms with Crippen molar-refractivity contribution >= 4 is 23.8 Å². The number of urea groups is 1. The molecule has 1 aliphatic rings. The maximum absolute atomic E-state index is 13.8. The van der Waals surface area contributed by atoms with Crippen LogP contribution in [0.4, 0.5) is 9.18 Å². The second kappa shape index (κ2) is 8.19. The van der Waals surface area contributed by atoms with E-state index in [0.717, 1.165) is 17.7 Å². The van der Waals surface area contributed by atoms with E-state index in [-0.39, 0.29) is 42.9 Å². The molecule has 1 aromatic carbocycles. The summed E-state index contributed by atoms with van der Waals surface area (Å²) in [5.41, 5.74) is 0.801. The Morgan fingerprint density at radius 2 is 2.22 bits per heavy atom. The lowest BCUT2D eigenvalue weighted by Gasteiger charge is -2.26. The Labute approximate surface area is 139 Å². The Hall–Kier alpha value is -1.76. The molecule has 0 saturated heterocycles. The highest BCUT2D eigenvalue weighted by atomic mass is 32.2. The molecule has 0 unspecified atom stereocenters. The molecule has 7 heteroatoms. The van der Waals surface area contributed by atoms with E-state index in [1.165, 1.54) is 17.8 Å². The number of carbonyl (C=O) groups excluding carboxylic acids is 2. The number of esters is 1. The van der Waals surface area contributed by atoms with Gasteiger partial charge in [-0.2, -0.15) is 0 Å². The van der Waals surface area contributed by atoms with E-state index in [1.807, 2.05) is 6.07 Å². The summed E-state index contributed by atoms with van der Waals surface area (Å²) >= 11 is 1.47. The van der Waals surface area contributed by atoms with Gasteiger partial charge in [0.1, 0.15) is 5.82 Å². The first-order valence-corrected chi connectivity index (χ1v) is 8.61. The van der Waals surface area contributed by atoms with Crippen LogP contribution in [0.2, 0.25) is 0 Å². The fourth-order valence-electron chi connectivity index (χ4n) is 2.35. The van der Waals surface area contributed by atoms with E-state index in [2.05, 4.69) is 10.6 Å². The fourth-order valence-corrected chi connectivity index (χ4v) is 3.49. The van der Waals surface area contributed by atoms with Crippen molar-refractivity contribution in [3.8, 4) is 0 Å². The topological polar surface area (TPSA) is 67.4 Å². The molecular weight excluding hydrogens is 319 g/mol. The summed E-state index contributed by atoms with van der Waals surface area (Å²) in [7, 11) is 0. The van der Waals surface area contributed by atoms with Crippen LogP contribution in [-0.4, -0.2) is 30.4 Å². The van der Waals surface area contributed by atoms with Crippen molar-refractivity contribution in [2.24, 2.45) is 0 Å². The first-order chi connectivity index (χ1) is 11.0. The van der Waals surface area contributed by atoms with Crippen molar-refractivity contribution in [1.82, 2.24) is 10.6 Å². The van der Waals surface area contributed by atoms with Gasteiger partial charge in [-0.15, -0.1) is 11.8 Å². The van der Waals surface area contributed by atoms with Gasteiger partial charge >= 0.3 is 12.0 Å². The molecule has 2 rings (SSSR count). The van der Waals surface area contributed by atoms with Gasteiger partial charge in [0, 0.05) is 17.2 Å². The summed E-state index contributed by atoms with van der Waals surface area (Å²) < 4.78 is 18.8. The van der Waals surface area contributed by atoms with Crippen LogP contribution in [0.1, 0.15) is 38.3 Å². The molecule has 1 heterocycles. The second-order valence-electron chi connectivity index (χ2n) is 5.54. The predicted molar refractivity (Wildman–Crippen MR) is 86.9 cm³/mol. The van der Waals surface area contributed by atoms with Crippen molar-refractivity contribution < 1.29 is 18.7 Å². The van der Waals surface area contributed by atoms with Crippen molar-refractivity contribution in [3.63, 3.8) is 0 Å². The molecule has 126 valence electrons. The summed E-state index contributed by atoms with van der Waals surface area (Å²) in [5, 5.41) is 5.46. The highest BCUT2D eigenvalue weighted by Crippen LogP contribution is 2.37. The smallest absolute Gasteiger partial charge is 0.315 e. The van der Waals surface area contributed by atoms with Crippen LogP contribution in [-0.2, 0) is 9.53 Å². The van der Waals surface area contributed by atoms with Gasteiger partial charge < -0.3 is 15.4 Å². The van der Waals surface area contributed by atoms with Gasteiger partial charge in [0.05, 0.1) is 18.6 Å². The minimum atomic E-state index is -0.366. The third-order valence-corrected chi connectivity index (χ3v) is 4.47. The van der Waals surface area contributed by atoms with Crippen LogP contribution in [0, 0.1) is 5.82 Å². The molecule has 0 radical (unpaired) electrons. The SMILES string of the molecule is CC(C)OC(=O)CCNC(=O)N[C@H]1CCSc2c(F)cccc21. The number of benzene rings is 1. The number of rotatable bonds is 5. The summed E-state index contributed by atoms with van der Waals surface area (Å²) in [6.07, 6.45) is 0.698. The maximum atomic E-state index is 13.8. The Bertz CT molecular complexity index is 580. The van der Waals surface area contributed by atoms with Crippen molar-refractivity contribution in [3.05, 3.63) is 29.6 Å². The van der Waals surface area contributed by atoms with E-state index < -0.39 is 0 Å². The molecule has 1 atom stereocenters. The third kappa shape index (κ3) is 5.13. The highest BCUT2D eigenvalue weighted by Gasteiger charge is 2.24. The Balaban J connectivity index is 1.83. The molecule has 0 bridgehead atoms. The number of thioether (sulfide) groups is 1. The number of fused-ring (bicyclic) bond motifs is 1. The van der Waals surface area contributed by atoms with Gasteiger partial charge in [-0.3, -0.25) is 4.79 Å². The van der Waals surface area contributed by atoms with Gasteiger partial charge in [0.25, 0.3) is 0 Å². The third-order valence-electron chi connectivity index (χ3n) is 3.31. The lowest BCUT2D eigenvalue weighted by Crippen LogP contribution is -2.40. The Kier molecular flexibility index (Phi) is 6.27. The van der Waals surface area contributed by atoms with E-state index in [1.54, 1.807) is 19.9 Å². The van der Waals surface area contributed by atoms with Gasteiger partial charge in [-0.05, 0) is 31.9 Å². The summed E-state index contributed by atoms with van der Waals surface area (Å²) in [4.78, 5) is 23.9. The lowest BCUT2D eigenvalue weighted by molar-refractivity contribution is -0.147. The second-order valence-corrected chi connectivity index (χ2v) is 6.64. The molecule has 0 spiro atoms. The van der Waals surface area contributed by atoms with Crippen LogP contribution in [0.3, 0.4) is 0 Å². The number of nitrogens with one attached hydrogen (secondary N) is 2. The van der Waals surface area contributed by atoms with Crippen LogP contribution in [0.5, 0.6) is 0 Å². The van der Waals surface area contributed by atoms with E-state index in [0.29, 0.717) is 4.90 Å². The molecular formula is C16H21FN2O3S. The van der Waals surface area contributed by atoms with Crippen LogP contribution >= 0.6 is 11.8 Å². The largest absolute Gasteiger partial charge is 0.463 e. The van der Waals surface area contributed by atoms with Gasteiger partial charge in [0.15, 0.2) is 0 Å². The van der Waals surface area contributed by atoms with Crippen molar-refractivity contribution in [1.29, 1.82) is 0 Å². The molecule has 0 fully saturated rings. The molecule has 1 aliphatic heterocycles. The molecule has 2 N–H and O–H groups in total. The molecule has 5 nitrogen and oxygen atoms in total. The van der Waals surface area contributed by atoms with E-state index in [9.17, 15) is 14.0 Å². The summed E-state index contributed by atoms with van der Waals surface area (Å²) in [6, 6.07) is 4.32. The average molecular weight is 340 g/mol. The molecule has 23 heavy (non-hydrogen) atoms. The first kappa shape index (κ1) is 17.6. The number of hydrogen-bond acceptors (Lipinski definition) is 4. The quantitative estimate of drug-likeness (QED) is 0.809. The highest BCUT2D eigenvalue weighted by molar-refractivity contribution is 7.99. The van der Waals surface area contributed by atoms with Gasteiger partial charge in [-0.1, -0.05) is 12.1 Å². The number of halogens is 1. The van der Waals surface area contributed by atoms with Crippen molar-refractivity contribution in [2.75, 3.05) is 12.3 Å². The Morgan fingerprint density at radius 3 is 2.96 bits per heavy atom. The van der Waals surface area contributed by atoms with Crippen LogP contribution in [0.25, 0.3) is 0 Å². The maximum Gasteiger partial charge on any atom is 0.315 e. The average Bonchev–Trinajstić information content (AvgIpc) is 2.47. The minimum absolute atomic E-state index is 0.122. The summed E-state index contributed by atoms with van der Waals surface area (Å²) in [6.45, 7) is 3.75. The molecule has 0 aliphatic carbocycles. The van der Waals surface area contributed by atoms with E-state index in [4.69, 9.17) is 4.74 Å². The zero-order chi connectivity index (χ0) is 16.8. The number of carbonyl (C=O) groups is 2. The fraction of sp³-hybridized carbons (Fsp3) is 0.500. The van der Waals surface area contributed by atoms with Crippen molar-refractivity contribution in [2.45, 2.75) is 43.7 Å². The zero-order valence-electron chi connectivity index (χ0n) is 13.2. The molecule has 1 aromatic rings. The van der Waals surface area contributed by atoms with Crippen LogP contribution < -0.4 is 10.6 Å². The monoisotopic (exact) mass is 340 g/mol.